The molecule has 1 unspecified atom stereocenters. The maximum Gasteiger partial charge on any atom is 0.237 e. The van der Waals surface area contributed by atoms with Crippen LogP contribution in [0.25, 0.3) is 0 Å². The van der Waals surface area contributed by atoms with Crippen molar-refractivity contribution < 1.29 is 9.90 Å². The Morgan fingerprint density at radius 1 is 1.13 bits per heavy atom. The Hall–Kier alpha value is -1.36. The van der Waals surface area contributed by atoms with Crippen LogP contribution in [0.3, 0.4) is 0 Å². The Bertz CT molecular complexity index is 636. The Labute approximate surface area is 150 Å². The van der Waals surface area contributed by atoms with Crippen LogP contribution >= 0.6 is 27.5 Å². The number of halogens is 2. The number of benzene rings is 2. The third-order valence-corrected chi connectivity index (χ3v) is 4.61. The normalized spacial score (nSPS) is 12.0. The number of carbonyl (C=O) groups excluding carboxylic acids is 1. The fraction of sp³-hybridized carbons (Fsp3) is 0.278. The first-order valence-electron chi connectivity index (χ1n) is 7.43. The minimum atomic E-state index is -0.377. The van der Waals surface area contributed by atoms with Crippen molar-refractivity contribution in [2.24, 2.45) is 0 Å². The molecule has 0 aromatic heterocycles. The third-order valence-electron chi connectivity index (χ3n) is 3.52. The van der Waals surface area contributed by atoms with Gasteiger partial charge in [-0.25, -0.2) is 0 Å². The highest BCUT2D eigenvalue weighted by Gasteiger charge is 2.22. The summed E-state index contributed by atoms with van der Waals surface area (Å²) in [5.41, 5.74) is 1.96. The average Bonchev–Trinajstić information content (AvgIpc) is 2.57. The Kier molecular flexibility index (Phi) is 7.09. The van der Waals surface area contributed by atoms with Crippen LogP contribution in [-0.4, -0.2) is 33.9 Å². The van der Waals surface area contributed by atoms with Crippen LogP contribution in [0, 0.1) is 0 Å². The van der Waals surface area contributed by atoms with Gasteiger partial charge in [0.15, 0.2) is 0 Å². The lowest BCUT2D eigenvalue weighted by molar-refractivity contribution is -0.131. The van der Waals surface area contributed by atoms with Crippen LogP contribution in [0.15, 0.2) is 54.6 Å². The zero-order valence-corrected chi connectivity index (χ0v) is 15.0. The lowest BCUT2D eigenvalue weighted by atomic mass is 10.1. The van der Waals surface area contributed by atoms with Crippen LogP contribution in [-0.2, 0) is 17.8 Å². The summed E-state index contributed by atoms with van der Waals surface area (Å²) in [5, 5.41) is 9.90. The van der Waals surface area contributed by atoms with Crippen molar-refractivity contribution in [3.05, 3.63) is 70.7 Å². The van der Waals surface area contributed by atoms with Gasteiger partial charge in [0.05, 0.1) is 11.4 Å². The van der Waals surface area contributed by atoms with E-state index in [4.69, 9.17) is 11.6 Å². The van der Waals surface area contributed by atoms with E-state index in [2.05, 4.69) is 15.9 Å². The molecule has 1 amide bonds. The fourth-order valence-electron chi connectivity index (χ4n) is 2.33. The van der Waals surface area contributed by atoms with Crippen LogP contribution in [0.4, 0.5) is 0 Å². The number of amides is 1. The first kappa shape index (κ1) is 18.0. The molecule has 0 aliphatic carbocycles. The van der Waals surface area contributed by atoms with Crippen molar-refractivity contribution in [1.29, 1.82) is 0 Å². The number of nitrogens with zero attached hydrogens (tertiary/aromatic N) is 1. The number of rotatable bonds is 7. The van der Waals surface area contributed by atoms with Crippen molar-refractivity contribution in [1.82, 2.24) is 4.90 Å². The number of aliphatic hydroxyl groups excluding tert-OH is 1. The zero-order chi connectivity index (χ0) is 16.7. The van der Waals surface area contributed by atoms with Gasteiger partial charge in [-0.1, -0.05) is 76.1 Å². The van der Waals surface area contributed by atoms with Gasteiger partial charge in [0.1, 0.15) is 0 Å². The molecule has 0 aliphatic rings. The molecule has 3 nitrogen and oxygen atoms in total. The van der Waals surface area contributed by atoms with Crippen molar-refractivity contribution in [3.8, 4) is 0 Å². The summed E-state index contributed by atoms with van der Waals surface area (Å²) in [5.74, 6) is -0.0529. The second kappa shape index (κ2) is 9.06. The third kappa shape index (κ3) is 5.34. The van der Waals surface area contributed by atoms with Gasteiger partial charge in [-0.15, -0.1) is 0 Å². The quantitative estimate of drug-likeness (QED) is 0.726. The molecule has 0 heterocycles. The zero-order valence-electron chi connectivity index (χ0n) is 12.7. The second-order valence-corrected chi connectivity index (χ2v) is 6.74. The predicted octanol–water partition coefficient (Wildman–Crippen LogP) is 3.67. The maximum atomic E-state index is 12.7. The van der Waals surface area contributed by atoms with E-state index in [1.165, 1.54) is 0 Å². The highest BCUT2D eigenvalue weighted by atomic mass is 79.9. The molecule has 0 saturated carbocycles. The van der Waals surface area contributed by atoms with Crippen LogP contribution in [0.5, 0.6) is 0 Å². The first-order valence-corrected chi connectivity index (χ1v) is 8.72. The van der Waals surface area contributed by atoms with Crippen LogP contribution in [0.2, 0.25) is 5.02 Å². The van der Waals surface area contributed by atoms with Gasteiger partial charge in [-0.2, -0.15) is 0 Å². The van der Waals surface area contributed by atoms with E-state index >= 15 is 0 Å². The van der Waals surface area contributed by atoms with Crippen molar-refractivity contribution >= 4 is 33.4 Å². The van der Waals surface area contributed by atoms with Gasteiger partial charge in [-0.05, 0) is 23.6 Å². The summed E-state index contributed by atoms with van der Waals surface area (Å²) < 4.78 is 0. The molecule has 0 spiro atoms. The van der Waals surface area contributed by atoms with Gasteiger partial charge in [0.2, 0.25) is 5.91 Å². The molecule has 2 aromatic rings. The number of hydrogen-bond acceptors (Lipinski definition) is 2. The standard InChI is InChI=1S/C18H19BrClNO2/c19-16(12-15-8-4-5-9-17(15)20)18(23)21(10-11-22)13-14-6-2-1-3-7-14/h1-9,16,22H,10-13H2. The number of aliphatic hydroxyl groups is 1. The molecule has 1 atom stereocenters. The molecule has 0 bridgehead atoms. The second-order valence-electron chi connectivity index (χ2n) is 5.23. The minimum Gasteiger partial charge on any atom is -0.395 e. The van der Waals surface area contributed by atoms with Gasteiger partial charge in [0, 0.05) is 18.1 Å². The lowest BCUT2D eigenvalue weighted by Gasteiger charge is -2.24. The molecule has 0 aliphatic heterocycles. The first-order chi connectivity index (χ1) is 11.1. The molecular formula is C18H19BrClNO2. The van der Waals surface area contributed by atoms with E-state index in [-0.39, 0.29) is 17.3 Å². The van der Waals surface area contributed by atoms with E-state index in [1.54, 1.807) is 4.90 Å². The lowest BCUT2D eigenvalue weighted by Crippen LogP contribution is -2.38. The summed E-state index contributed by atoms with van der Waals surface area (Å²) in [7, 11) is 0. The predicted molar refractivity (Wildman–Crippen MR) is 96.8 cm³/mol. The molecule has 0 radical (unpaired) electrons. The van der Waals surface area contributed by atoms with E-state index in [0.717, 1.165) is 11.1 Å². The monoisotopic (exact) mass is 395 g/mol. The maximum absolute atomic E-state index is 12.7. The topological polar surface area (TPSA) is 40.5 Å². The number of alkyl halides is 1. The molecule has 122 valence electrons. The van der Waals surface area contributed by atoms with Crippen LogP contribution in [0.1, 0.15) is 11.1 Å². The van der Waals surface area contributed by atoms with Gasteiger partial charge in [0.25, 0.3) is 0 Å². The van der Waals surface area contributed by atoms with Gasteiger partial charge in [-0.3, -0.25) is 4.79 Å². The number of hydrogen-bond donors (Lipinski definition) is 1. The average molecular weight is 397 g/mol. The largest absolute Gasteiger partial charge is 0.395 e. The molecule has 2 aromatic carbocycles. The van der Waals surface area contributed by atoms with Crippen LogP contribution < -0.4 is 0 Å². The Balaban J connectivity index is 2.06. The summed E-state index contributed by atoms with van der Waals surface area (Å²) >= 11 is 9.62. The molecular weight excluding hydrogens is 378 g/mol. The highest BCUT2D eigenvalue weighted by Crippen LogP contribution is 2.21. The van der Waals surface area contributed by atoms with Crippen molar-refractivity contribution in [2.45, 2.75) is 17.8 Å². The molecule has 0 fully saturated rings. The molecule has 1 N–H and O–H groups in total. The summed E-state index contributed by atoms with van der Waals surface area (Å²) in [6.45, 7) is 0.716. The molecule has 2 rings (SSSR count). The smallest absolute Gasteiger partial charge is 0.237 e. The summed E-state index contributed by atoms with van der Waals surface area (Å²) in [6, 6.07) is 17.2. The van der Waals surface area contributed by atoms with E-state index < -0.39 is 0 Å². The summed E-state index contributed by atoms with van der Waals surface area (Å²) in [4.78, 5) is 14.0. The highest BCUT2D eigenvalue weighted by molar-refractivity contribution is 9.10. The molecule has 0 saturated heterocycles. The fourth-order valence-corrected chi connectivity index (χ4v) is 3.19. The van der Waals surface area contributed by atoms with E-state index in [1.807, 2.05) is 54.6 Å². The van der Waals surface area contributed by atoms with Gasteiger partial charge >= 0.3 is 0 Å². The SMILES string of the molecule is O=C(C(Br)Cc1ccccc1Cl)N(CCO)Cc1ccccc1. The minimum absolute atomic E-state index is 0.0529. The van der Waals surface area contributed by atoms with Crippen molar-refractivity contribution in [2.75, 3.05) is 13.2 Å². The Morgan fingerprint density at radius 2 is 1.78 bits per heavy atom. The molecule has 5 heteroatoms. The number of carbonyl (C=O) groups is 1. The summed E-state index contributed by atoms with van der Waals surface area (Å²) in [6.07, 6.45) is 0.509. The molecule has 23 heavy (non-hydrogen) atoms. The van der Waals surface area contributed by atoms with Crippen molar-refractivity contribution in [3.63, 3.8) is 0 Å². The van der Waals surface area contributed by atoms with E-state index in [9.17, 15) is 9.90 Å². The Morgan fingerprint density at radius 3 is 2.43 bits per heavy atom. The van der Waals surface area contributed by atoms with Gasteiger partial charge < -0.3 is 10.0 Å². The van der Waals surface area contributed by atoms with E-state index in [0.29, 0.717) is 24.5 Å².